The molecule has 0 bridgehead atoms. The summed E-state index contributed by atoms with van der Waals surface area (Å²) in [6.45, 7) is 4.92. The Morgan fingerprint density at radius 3 is 3.00 bits per heavy atom. The van der Waals surface area contributed by atoms with E-state index in [0.29, 0.717) is 17.5 Å². The van der Waals surface area contributed by atoms with Crippen LogP contribution in [0.2, 0.25) is 0 Å². The van der Waals surface area contributed by atoms with Gasteiger partial charge in [0.05, 0.1) is 24.4 Å². The molecular formula is C13H20N4O2. The Kier molecular flexibility index (Phi) is 3.52. The normalized spacial score (nSPS) is 25.2. The van der Waals surface area contributed by atoms with Gasteiger partial charge in [0.25, 0.3) is 5.91 Å². The number of amides is 1. The average Bonchev–Trinajstić information content (AvgIpc) is 2.84. The van der Waals surface area contributed by atoms with Crippen LogP contribution in [0.25, 0.3) is 0 Å². The largest absolute Gasteiger partial charge is 0.381 e. The summed E-state index contributed by atoms with van der Waals surface area (Å²) in [5.41, 5.74) is 5.71. The minimum absolute atomic E-state index is 0.373. The maximum atomic E-state index is 11.0. The molecule has 1 aromatic rings. The van der Waals surface area contributed by atoms with Crippen molar-refractivity contribution in [3.8, 4) is 0 Å². The molecule has 2 aliphatic heterocycles. The highest BCUT2D eigenvalue weighted by molar-refractivity contribution is 5.92. The first-order chi connectivity index (χ1) is 9.22. The van der Waals surface area contributed by atoms with Crippen molar-refractivity contribution < 1.29 is 9.53 Å². The Morgan fingerprint density at radius 1 is 1.53 bits per heavy atom. The van der Waals surface area contributed by atoms with Crippen molar-refractivity contribution in [1.82, 2.24) is 14.7 Å². The van der Waals surface area contributed by atoms with Gasteiger partial charge in [-0.05, 0) is 18.8 Å². The average molecular weight is 264 g/mol. The predicted molar refractivity (Wildman–Crippen MR) is 69.8 cm³/mol. The van der Waals surface area contributed by atoms with Gasteiger partial charge in [-0.1, -0.05) is 0 Å². The monoisotopic (exact) mass is 264 g/mol. The third-order valence-electron chi connectivity index (χ3n) is 3.97. The Hall–Kier alpha value is -1.40. The lowest BCUT2D eigenvalue weighted by Gasteiger charge is -2.41. The second-order valence-electron chi connectivity index (χ2n) is 5.53. The van der Waals surface area contributed by atoms with Gasteiger partial charge < -0.3 is 10.5 Å². The van der Waals surface area contributed by atoms with Gasteiger partial charge in [0.15, 0.2) is 0 Å². The lowest BCUT2D eigenvalue weighted by atomic mass is 9.99. The summed E-state index contributed by atoms with van der Waals surface area (Å²) >= 11 is 0. The number of nitrogens with two attached hydrogens (primary N) is 1. The molecule has 0 aromatic carbocycles. The summed E-state index contributed by atoms with van der Waals surface area (Å²) in [6.07, 6.45) is 5.74. The van der Waals surface area contributed by atoms with Gasteiger partial charge >= 0.3 is 0 Å². The topological polar surface area (TPSA) is 73.4 Å². The summed E-state index contributed by atoms with van der Waals surface area (Å²) in [4.78, 5) is 13.4. The smallest absolute Gasteiger partial charge is 0.251 e. The van der Waals surface area contributed by atoms with Crippen LogP contribution in [0.3, 0.4) is 0 Å². The number of carbonyl (C=O) groups excluding carboxylic acids is 1. The van der Waals surface area contributed by atoms with Gasteiger partial charge in [-0.2, -0.15) is 5.10 Å². The fraction of sp³-hybridized carbons (Fsp3) is 0.692. The number of ether oxygens (including phenoxy) is 1. The number of hydrogen-bond donors (Lipinski definition) is 1. The van der Waals surface area contributed by atoms with Gasteiger partial charge in [0.1, 0.15) is 0 Å². The molecule has 2 saturated heterocycles. The maximum Gasteiger partial charge on any atom is 0.251 e. The van der Waals surface area contributed by atoms with Gasteiger partial charge in [0, 0.05) is 32.4 Å². The molecule has 104 valence electrons. The Morgan fingerprint density at radius 2 is 2.37 bits per heavy atom. The predicted octanol–water partition coefficient (Wildman–Crippen LogP) is 0.265. The summed E-state index contributed by atoms with van der Waals surface area (Å²) < 4.78 is 7.35. The van der Waals surface area contributed by atoms with Crippen molar-refractivity contribution in [2.75, 3.05) is 32.8 Å². The molecular weight excluding hydrogens is 244 g/mol. The molecule has 19 heavy (non-hydrogen) atoms. The number of carbonyl (C=O) groups is 1. The van der Waals surface area contributed by atoms with Crippen LogP contribution in [0.15, 0.2) is 12.4 Å². The van der Waals surface area contributed by atoms with Gasteiger partial charge in [-0.15, -0.1) is 0 Å². The minimum atomic E-state index is -0.415. The summed E-state index contributed by atoms with van der Waals surface area (Å²) in [7, 11) is 0. The van der Waals surface area contributed by atoms with Crippen molar-refractivity contribution in [2.45, 2.75) is 18.9 Å². The second-order valence-corrected chi connectivity index (χ2v) is 5.53. The number of rotatable bonds is 4. The van der Waals surface area contributed by atoms with E-state index in [2.05, 4.69) is 10.00 Å². The van der Waals surface area contributed by atoms with Crippen LogP contribution in [-0.2, 0) is 4.74 Å². The van der Waals surface area contributed by atoms with Crippen molar-refractivity contribution in [3.63, 3.8) is 0 Å². The molecule has 0 radical (unpaired) electrons. The lowest BCUT2D eigenvalue weighted by molar-refractivity contribution is 0.0125. The van der Waals surface area contributed by atoms with Crippen molar-refractivity contribution >= 4 is 5.91 Å². The van der Waals surface area contributed by atoms with Crippen molar-refractivity contribution in [3.05, 3.63) is 18.0 Å². The number of aromatic nitrogens is 2. The maximum absolute atomic E-state index is 11.0. The van der Waals surface area contributed by atoms with E-state index < -0.39 is 5.91 Å². The minimum Gasteiger partial charge on any atom is -0.381 e. The van der Waals surface area contributed by atoms with Crippen LogP contribution in [0.5, 0.6) is 0 Å². The highest BCUT2D eigenvalue weighted by atomic mass is 16.5. The number of likely N-dealkylation sites (tertiary alicyclic amines) is 1. The summed E-state index contributed by atoms with van der Waals surface area (Å²) in [6, 6.07) is 0.373. The van der Waals surface area contributed by atoms with Gasteiger partial charge in [-0.25, -0.2) is 0 Å². The fourth-order valence-corrected chi connectivity index (χ4v) is 2.84. The van der Waals surface area contributed by atoms with E-state index in [1.165, 1.54) is 12.8 Å². The molecule has 0 spiro atoms. The summed E-state index contributed by atoms with van der Waals surface area (Å²) in [5, 5.41) is 4.21. The van der Waals surface area contributed by atoms with E-state index in [0.717, 1.165) is 32.8 Å². The first kappa shape index (κ1) is 12.6. The molecule has 3 rings (SSSR count). The molecule has 1 unspecified atom stereocenters. The Balaban J connectivity index is 1.47. The zero-order valence-corrected chi connectivity index (χ0v) is 11.0. The van der Waals surface area contributed by atoms with Crippen LogP contribution in [0.1, 0.15) is 29.2 Å². The van der Waals surface area contributed by atoms with Crippen LogP contribution in [0, 0.1) is 5.92 Å². The molecule has 6 heteroatoms. The molecule has 1 aromatic heterocycles. The molecule has 2 aliphatic rings. The third kappa shape index (κ3) is 2.79. The van der Waals surface area contributed by atoms with E-state index >= 15 is 0 Å². The first-order valence-electron chi connectivity index (χ1n) is 6.86. The standard InChI is InChI=1S/C13H20N4O2/c14-13(18)11-4-15-17(6-11)12-7-16(8-12)5-10-2-1-3-19-9-10/h4,6,10,12H,1-3,5,7-9H2,(H2,14,18). The Labute approximate surface area is 112 Å². The number of nitrogens with zero attached hydrogens (tertiary/aromatic N) is 3. The molecule has 6 nitrogen and oxygen atoms in total. The van der Waals surface area contributed by atoms with Gasteiger partial charge in [0.2, 0.25) is 0 Å². The lowest BCUT2D eigenvalue weighted by Crippen LogP contribution is -2.50. The number of hydrogen-bond acceptors (Lipinski definition) is 4. The highest BCUT2D eigenvalue weighted by Crippen LogP contribution is 2.24. The van der Waals surface area contributed by atoms with Crippen molar-refractivity contribution in [2.24, 2.45) is 11.7 Å². The van der Waals surface area contributed by atoms with Crippen LogP contribution >= 0.6 is 0 Å². The van der Waals surface area contributed by atoms with E-state index in [1.807, 2.05) is 4.68 Å². The molecule has 1 amide bonds. The molecule has 0 aliphatic carbocycles. The molecule has 2 fully saturated rings. The number of primary amides is 1. The van der Waals surface area contributed by atoms with Crippen LogP contribution < -0.4 is 5.73 Å². The fourth-order valence-electron chi connectivity index (χ4n) is 2.84. The van der Waals surface area contributed by atoms with Gasteiger partial charge in [-0.3, -0.25) is 14.4 Å². The Bertz CT molecular complexity index is 447. The highest BCUT2D eigenvalue weighted by Gasteiger charge is 2.31. The zero-order chi connectivity index (χ0) is 13.2. The second kappa shape index (κ2) is 5.30. The van der Waals surface area contributed by atoms with E-state index in [1.54, 1.807) is 12.4 Å². The quantitative estimate of drug-likeness (QED) is 0.847. The molecule has 1 atom stereocenters. The third-order valence-corrected chi connectivity index (χ3v) is 3.97. The molecule has 0 saturated carbocycles. The molecule has 3 heterocycles. The zero-order valence-electron chi connectivity index (χ0n) is 11.0. The summed E-state index contributed by atoms with van der Waals surface area (Å²) in [5.74, 6) is 0.260. The SMILES string of the molecule is NC(=O)c1cnn(C2CN(CC3CCCOC3)C2)c1. The molecule has 2 N–H and O–H groups in total. The first-order valence-corrected chi connectivity index (χ1v) is 6.86. The van der Waals surface area contributed by atoms with E-state index in [9.17, 15) is 4.79 Å². The van der Waals surface area contributed by atoms with Crippen LogP contribution in [0.4, 0.5) is 0 Å². The van der Waals surface area contributed by atoms with Crippen LogP contribution in [-0.4, -0.2) is 53.4 Å². The van der Waals surface area contributed by atoms with E-state index in [-0.39, 0.29) is 0 Å². The van der Waals surface area contributed by atoms with Crippen molar-refractivity contribution in [1.29, 1.82) is 0 Å². The van der Waals surface area contributed by atoms with E-state index in [4.69, 9.17) is 10.5 Å².